The second-order valence-corrected chi connectivity index (χ2v) is 11.5. The third kappa shape index (κ3) is 4.25. The summed E-state index contributed by atoms with van der Waals surface area (Å²) >= 11 is 0. The Morgan fingerprint density at radius 3 is 2.49 bits per heavy atom. The van der Waals surface area contributed by atoms with Crippen LogP contribution in [0.25, 0.3) is 0 Å². The van der Waals surface area contributed by atoms with Crippen LogP contribution in [0.3, 0.4) is 0 Å². The first-order valence-electron chi connectivity index (χ1n) is 13.4. The van der Waals surface area contributed by atoms with Crippen LogP contribution in [0, 0.1) is 17.8 Å². The first kappa shape index (κ1) is 28.5. The molecule has 1 aromatic carbocycles. The van der Waals surface area contributed by atoms with Crippen molar-refractivity contribution in [2.24, 2.45) is 23.5 Å². The minimum atomic E-state index is -2.62. The maximum Gasteiger partial charge on any atom is 0.230 e. The smallest absolute Gasteiger partial charge is 0.230 e. The van der Waals surface area contributed by atoms with Crippen molar-refractivity contribution in [1.29, 1.82) is 0 Å². The summed E-state index contributed by atoms with van der Waals surface area (Å²) in [5.74, 6) is -7.00. The summed E-state index contributed by atoms with van der Waals surface area (Å²) in [6.07, 6.45) is 0.396. The summed E-state index contributed by atoms with van der Waals surface area (Å²) in [7, 11) is 6.89. The third-order valence-corrected chi connectivity index (χ3v) is 8.76. The molecule has 1 amide bonds. The number of allylic oxidation sites excluding steroid dienone is 1. The van der Waals surface area contributed by atoms with E-state index in [1.54, 1.807) is 43.4 Å². The van der Waals surface area contributed by atoms with Crippen molar-refractivity contribution < 1.29 is 34.8 Å². The SMILES string of the molecule is CN(C)c1cc(CNc2ccccn2)c(O)c2c1C[C@H]1C[C@H]3[C@H](N(C)C)C(O)C(C(N)=O)C(=O)[C@@]3(O)C(O)=C1C2=O. The highest BCUT2D eigenvalue weighted by Crippen LogP contribution is 2.53. The number of aliphatic hydroxyl groups excluding tert-OH is 2. The zero-order valence-electron chi connectivity index (χ0n) is 23.3. The van der Waals surface area contributed by atoms with Crippen LogP contribution in [0.2, 0.25) is 0 Å². The van der Waals surface area contributed by atoms with Crippen LogP contribution in [0.1, 0.15) is 27.9 Å². The molecule has 41 heavy (non-hydrogen) atoms. The standard InChI is InChI=1S/C29H35N5O7/c1-33(2)17-11-14(12-32-18-7-5-6-8-31-18)23(35)20-15(17)9-13-10-16-22(34(3)4)25(37)21(28(30)40)27(39)29(16,41)26(38)19(13)24(20)36/h5-8,11,13,16,21-22,25,35,37-38,41H,9-10,12H2,1-4H3,(H2,30,40)(H,31,32)/t13-,16-,21?,22-,25?,29-/m0/s1. The number of rotatable bonds is 6. The molecule has 218 valence electrons. The van der Waals surface area contributed by atoms with E-state index in [1.165, 1.54) is 0 Å². The first-order valence-corrected chi connectivity index (χ1v) is 13.4. The maximum absolute atomic E-state index is 14.1. The Bertz CT molecular complexity index is 1460. The Hall–Kier alpha value is -4.00. The normalized spacial score (nSPS) is 29.1. The van der Waals surface area contributed by atoms with E-state index in [4.69, 9.17) is 5.73 Å². The van der Waals surface area contributed by atoms with Gasteiger partial charge in [-0.3, -0.25) is 14.4 Å². The highest BCUT2D eigenvalue weighted by molar-refractivity contribution is 6.16. The minimum Gasteiger partial charge on any atom is -0.508 e. The number of Topliss-reactive ketones (excluding diaryl/α,β-unsaturated/α-hetero) is 2. The highest BCUT2D eigenvalue weighted by atomic mass is 16.3. The summed E-state index contributed by atoms with van der Waals surface area (Å²) in [6, 6.07) is 6.21. The number of amides is 1. The average molecular weight is 566 g/mol. The summed E-state index contributed by atoms with van der Waals surface area (Å²) in [6.45, 7) is 0.145. The summed E-state index contributed by atoms with van der Waals surface area (Å²) in [4.78, 5) is 47.5. The fourth-order valence-corrected chi connectivity index (χ4v) is 6.89. The molecule has 3 aliphatic carbocycles. The number of nitrogens with zero attached hydrogens (tertiary/aromatic N) is 3. The van der Waals surface area contributed by atoms with Crippen molar-refractivity contribution in [3.63, 3.8) is 0 Å². The number of nitrogens with two attached hydrogens (primary N) is 1. The molecule has 0 saturated heterocycles. The van der Waals surface area contributed by atoms with Crippen LogP contribution < -0.4 is 16.0 Å². The monoisotopic (exact) mass is 565 g/mol. The number of carbonyl (C=O) groups excluding carboxylic acids is 3. The van der Waals surface area contributed by atoms with Crippen LogP contribution in [0.5, 0.6) is 5.75 Å². The van der Waals surface area contributed by atoms with Gasteiger partial charge in [-0.15, -0.1) is 0 Å². The molecule has 1 aromatic heterocycles. The molecule has 12 nitrogen and oxygen atoms in total. The lowest BCUT2D eigenvalue weighted by molar-refractivity contribution is -0.178. The number of aliphatic hydroxyl groups is 3. The zero-order valence-corrected chi connectivity index (χ0v) is 23.3. The van der Waals surface area contributed by atoms with E-state index >= 15 is 0 Å². The van der Waals surface area contributed by atoms with Gasteiger partial charge in [0.1, 0.15) is 23.2 Å². The van der Waals surface area contributed by atoms with Crippen LogP contribution in [0.4, 0.5) is 11.5 Å². The molecule has 2 unspecified atom stereocenters. The number of phenolic OH excluding ortho intramolecular Hbond substituents is 1. The molecule has 7 N–H and O–H groups in total. The van der Waals surface area contributed by atoms with Gasteiger partial charge < -0.3 is 41.3 Å². The average Bonchev–Trinajstić information content (AvgIpc) is 2.90. The number of ketones is 2. The highest BCUT2D eigenvalue weighted by Gasteiger charge is 2.66. The Labute approximate surface area is 237 Å². The predicted octanol–water partition coefficient (Wildman–Crippen LogP) is 0.359. The van der Waals surface area contributed by atoms with Gasteiger partial charge in [0.05, 0.1) is 11.7 Å². The lowest BCUT2D eigenvalue weighted by Gasteiger charge is -2.53. The fourth-order valence-electron chi connectivity index (χ4n) is 6.89. The van der Waals surface area contributed by atoms with Gasteiger partial charge >= 0.3 is 0 Å². The number of phenols is 1. The van der Waals surface area contributed by atoms with Gasteiger partial charge in [0.2, 0.25) is 5.91 Å². The van der Waals surface area contributed by atoms with E-state index in [-0.39, 0.29) is 36.3 Å². The zero-order chi connectivity index (χ0) is 30.0. The Kier molecular flexibility index (Phi) is 7.04. The molecule has 0 bridgehead atoms. The molecule has 3 aliphatic rings. The van der Waals surface area contributed by atoms with Gasteiger partial charge in [0.25, 0.3) is 0 Å². The summed E-state index contributed by atoms with van der Waals surface area (Å²) in [5.41, 5.74) is 4.31. The predicted molar refractivity (Wildman–Crippen MR) is 149 cm³/mol. The number of benzene rings is 1. The molecule has 1 saturated carbocycles. The number of nitrogens with one attached hydrogen (secondary N) is 1. The lowest BCUT2D eigenvalue weighted by atomic mass is 9.56. The number of aromatic hydroxyl groups is 1. The number of fused-ring (bicyclic) bond motifs is 3. The number of hydrogen-bond donors (Lipinski definition) is 6. The van der Waals surface area contributed by atoms with Crippen molar-refractivity contribution in [1.82, 2.24) is 9.88 Å². The van der Waals surface area contributed by atoms with E-state index in [2.05, 4.69) is 10.3 Å². The first-order chi connectivity index (χ1) is 19.3. The minimum absolute atomic E-state index is 0.0206. The molecule has 5 rings (SSSR count). The van der Waals surface area contributed by atoms with Gasteiger partial charge in [-0.25, -0.2) is 4.98 Å². The van der Waals surface area contributed by atoms with Crippen molar-refractivity contribution in [2.75, 3.05) is 38.4 Å². The molecular formula is C29H35N5O7. The van der Waals surface area contributed by atoms with Gasteiger partial charge in [0.15, 0.2) is 17.2 Å². The number of primary amides is 1. The van der Waals surface area contributed by atoms with Crippen LogP contribution >= 0.6 is 0 Å². The van der Waals surface area contributed by atoms with Crippen LogP contribution in [-0.2, 0) is 22.6 Å². The number of hydrogen-bond acceptors (Lipinski definition) is 11. The Balaban J connectivity index is 1.65. The van der Waals surface area contributed by atoms with Gasteiger partial charge in [0, 0.05) is 55.6 Å². The number of likely N-dealkylation sites (N-methyl/N-ethyl adjacent to an activating group) is 1. The molecule has 0 spiro atoms. The lowest BCUT2D eigenvalue weighted by Crippen LogP contribution is -2.71. The van der Waals surface area contributed by atoms with Gasteiger partial charge in [-0.2, -0.15) is 0 Å². The van der Waals surface area contributed by atoms with E-state index in [9.17, 15) is 34.8 Å². The molecular weight excluding hydrogens is 530 g/mol. The third-order valence-electron chi connectivity index (χ3n) is 8.76. The summed E-state index contributed by atoms with van der Waals surface area (Å²) in [5, 5.41) is 48.8. The second-order valence-electron chi connectivity index (χ2n) is 11.5. The molecule has 12 heteroatoms. The fraction of sp³-hybridized carbons (Fsp3) is 0.448. The van der Waals surface area contributed by atoms with Crippen molar-refractivity contribution in [3.8, 4) is 5.75 Å². The molecule has 2 aromatic rings. The second kappa shape index (κ2) is 10.1. The van der Waals surface area contributed by atoms with Crippen molar-refractivity contribution in [3.05, 3.63) is 58.5 Å². The Morgan fingerprint density at radius 1 is 1.20 bits per heavy atom. The van der Waals surface area contributed by atoms with Crippen molar-refractivity contribution in [2.45, 2.75) is 37.1 Å². The maximum atomic E-state index is 14.1. The van der Waals surface area contributed by atoms with Crippen molar-refractivity contribution >= 4 is 29.0 Å². The molecule has 1 heterocycles. The molecule has 1 fully saturated rings. The van der Waals surface area contributed by atoms with E-state index in [0.717, 1.165) is 0 Å². The molecule has 0 aliphatic heterocycles. The number of anilines is 2. The number of pyridine rings is 1. The van der Waals surface area contributed by atoms with E-state index < -0.39 is 58.7 Å². The topological polar surface area (TPSA) is 190 Å². The van der Waals surface area contributed by atoms with Gasteiger partial charge in [-0.05, 0) is 56.6 Å². The largest absolute Gasteiger partial charge is 0.508 e. The quantitative estimate of drug-likeness (QED) is 0.265. The Morgan fingerprint density at radius 2 is 1.90 bits per heavy atom. The number of aromatic nitrogens is 1. The summed E-state index contributed by atoms with van der Waals surface area (Å²) < 4.78 is 0. The van der Waals surface area contributed by atoms with E-state index in [0.29, 0.717) is 22.6 Å². The molecule has 0 radical (unpaired) electrons. The number of carbonyl (C=O) groups is 3. The van der Waals surface area contributed by atoms with Crippen LogP contribution in [0.15, 0.2) is 41.8 Å². The van der Waals surface area contributed by atoms with Gasteiger partial charge in [-0.1, -0.05) is 6.07 Å². The van der Waals surface area contributed by atoms with Crippen LogP contribution in [-0.4, -0.2) is 93.7 Å². The molecule has 6 atom stereocenters. The van der Waals surface area contributed by atoms with E-state index in [1.807, 2.05) is 25.1 Å².